The van der Waals surface area contributed by atoms with E-state index in [0.29, 0.717) is 0 Å². The molecule has 0 bridgehead atoms. The summed E-state index contributed by atoms with van der Waals surface area (Å²) in [5.74, 6) is -0.636. The lowest BCUT2D eigenvalue weighted by molar-refractivity contribution is 0.465. The van der Waals surface area contributed by atoms with Gasteiger partial charge in [0.25, 0.3) is 0 Å². The maximum absolute atomic E-state index is 13.7. The molecule has 0 fully saturated rings. The van der Waals surface area contributed by atoms with Crippen LogP contribution >= 0.6 is 0 Å². The van der Waals surface area contributed by atoms with Gasteiger partial charge in [0.2, 0.25) is 10.0 Å². The molecule has 1 aromatic carbocycles. The van der Waals surface area contributed by atoms with Crippen LogP contribution in [0, 0.1) is 12.7 Å². The second kappa shape index (κ2) is 5.45. The van der Waals surface area contributed by atoms with Crippen molar-refractivity contribution in [3.63, 3.8) is 0 Å². The van der Waals surface area contributed by atoms with E-state index in [4.69, 9.17) is 5.73 Å². The molecule has 21 heavy (non-hydrogen) atoms. The molecule has 2 N–H and O–H groups in total. The highest BCUT2D eigenvalue weighted by Gasteiger charge is 2.25. The Labute approximate surface area is 123 Å². The van der Waals surface area contributed by atoms with Crippen molar-refractivity contribution in [3.05, 3.63) is 41.5 Å². The van der Waals surface area contributed by atoms with Crippen LogP contribution in [-0.4, -0.2) is 29.6 Å². The van der Waals surface area contributed by atoms with Crippen LogP contribution in [0.15, 0.2) is 29.4 Å². The Morgan fingerprint density at radius 2 is 2.10 bits per heavy atom. The molecule has 0 saturated carbocycles. The number of anilines is 1. The van der Waals surface area contributed by atoms with Crippen molar-refractivity contribution in [3.8, 4) is 0 Å². The summed E-state index contributed by atoms with van der Waals surface area (Å²) in [5.41, 5.74) is 6.42. The van der Waals surface area contributed by atoms with E-state index in [-0.39, 0.29) is 22.7 Å². The topological polar surface area (TPSA) is 81.2 Å². The Morgan fingerprint density at radius 1 is 1.43 bits per heavy atom. The Kier molecular flexibility index (Phi) is 4.02. The molecule has 8 heteroatoms. The number of nitrogens with two attached hydrogens (primary N) is 1. The third kappa shape index (κ3) is 3.06. The van der Waals surface area contributed by atoms with Gasteiger partial charge < -0.3 is 5.73 Å². The van der Waals surface area contributed by atoms with E-state index < -0.39 is 15.8 Å². The standard InChI is InChI=1S/C13H17FN4O2S/c1-9-12(14)4-11(15)5-13(9)21(19,20)18(3)8-10-6-16-17(2)7-10/h4-7H,8,15H2,1-3H3. The minimum Gasteiger partial charge on any atom is -0.399 e. The van der Waals surface area contributed by atoms with Crippen LogP contribution in [0.25, 0.3) is 0 Å². The van der Waals surface area contributed by atoms with Gasteiger partial charge in [0.1, 0.15) is 5.82 Å². The van der Waals surface area contributed by atoms with Crippen molar-refractivity contribution in [2.24, 2.45) is 7.05 Å². The van der Waals surface area contributed by atoms with Gasteiger partial charge in [-0.15, -0.1) is 0 Å². The maximum atomic E-state index is 13.7. The van der Waals surface area contributed by atoms with Gasteiger partial charge in [-0.2, -0.15) is 9.40 Å². The van der Waals surface area contributed by atoms with E-state index in [1.54, 1.807) is 24.1 Å². The summed E-state index contributed by atoms with van der Waals surface area (Å²) in [5, 5.41) is 3.99. The second-order valence-corrected chi connectivity index (χ2v) is 6.92. The first-order chi connectivity index (χ1) is 9.71. The Balaban J connectivity index is 2.37. The molecule has 6 nitrogen and oxygen atoms in total. The average Bonchev–Trinajstić information content (AvgIpc) is 2.79. The van der Waals surface area contributed by atoms with Gasteiger partial charge in [0.15, 0.2) is 0 Å². The predicted octanol–water partition coefficient (Wildman–Crippen LogP) is 1.27. The fourth-order valence-corrected chi connectivity index (χ4v) is 3.43. The molecule has 2 aromatic rings. The first kappa shape index (κ1) is 15.5. The minimum atomic E-state index is -3.83. The summed E-state index contributed by atoms with van der Waals surface area (Å²) >= 11 is 0. The van der Waals surface area contributed by atoms with Crippen molar-refractivity contribution in [2.45, 2.75) is 18.4 Å². The first-order valence-corrected chi connectivity index (χ1v) is 7.65. The normalized spacial score (nSPS) is 12.0. The van der Waals surface area contributed by atoms with Crippen molar-refractivity contribution in [1.82, 2.24) is 14.1 Å². The SMILES string of the molecule is Cc1c(F)cc(N)cc1S(=O)(=O)N(C)Cc1cnn(C)c1. The quantitative estimate of drug-likeness (QED) is 0.862. The number of halogens is 1. The lowest BCUT2D eigenvalue weighted by Gasteiger charge is -2.18. The smallest absolute Gasteiger partial charge is 0.243 e. The summed E-state index contributed by atoms with van der Waals surface area (Å²) in [7, 11) is -0.648. The highest BCUT2D eigenvalue weighted by Crippen LogP contribution is 2.25. The Bertz CT molecular complexity index is 770. The van der Waals surface area contributed by atoms with E-state index in [0.717, 1.165) is 15.9 Å². The molecular weight excluding hydrogens is 295 g/mol. The Morgan fingerprint density at radius 3 is 2.67 bits per heavy atom. The van der Waals surface area contributed by atoms with Crippen LogP contribution in [0.1, 0.15) is 11.1 Å². The molecule has 2 rings (SSSR count). The zero-order chi connectivity index (χ0) is 15.8. The molecule has 0 radical (unpaired) electrons. The summed E-state index contributed by atoms with van der Waals surface area (Å²) in [6.07, 6.45) is 3.30. The van der Waals surface area contributed by atoms with Gasteiger partial charge in [0.05, 0.1) is 11.1 Å². The number of hydrogen-bond donors (Lipinski definition) is 1. The van der Waals surface area contributed by atoms with Crippen LogP contribution in [0.2, 0.25) is 0 Å². The van der Waals surface area contributed by atoms with Gasteiger partial charge >= 0.3 is 0 Å². The maximum Gasteiger partial charge on any atom is 0.243 e. The highest BCUT2D eigenvalue weighted by molar-refractivity contribution is 7.89. The molecule has 0 aliphatic rings. The van der Waals surface area contributed by atoms with Crippen molar-refractivity contribution in [1.29, 1.82) is 0 Å². The Hall–Kier alpha value is -1.93. The molecule has 0 amide bonds. The first-order valence-electron chi connectivity index (χ1n) is 6.21. The molecule has 0 saturated heterocycles. The van der Waals surface area contributed by atoms with E-state index in [2.05, 4.69) is 5.10 Å². The van der Waals surface area contributed by atoms with Crippen LogP contribution < -0.4 is 5.73 Å². The zero-order valence-electron chi connectivity index (χ0n) is 12.0. The number of rotatable bonds is 4. The largest absolute Gasteiger partial charge is 0.399 e. The lowest BCUT2D eigenvalue weighted by Crippen LogP contribution is -2.27. The van der Waals surface area contributed by atoms with Crippen LogP contribution in [0.4, 0.5) is 10.1 Å². The van der Waals surface area contributed by atoms with Crippen LogP contribution in [0.5, 0.6) is 0 Å². The molecule has 0 aliphatic carbocycles. The van der Waals surface area contributed by atoms with Gasteiger partial charge in [0, 0.05) is 43.7 Å². The molecule has 0 atom stereocenters. The molecule has 0 aliphatic heterocycles. The summed E-state index contributed by atoms with van der Waals surface area (Å²) in [6, 6.07) is 2.38. The third-order valence-electron chi connectivity index (χ3n) is 3.17. The van der Waals surface area contributed by atoms with Gasteiger partial charge in [-0.05, 0) is 19.1 Å². The summed E-state index contributed by atoms with van der Waals surface area (Å²) in [6.45, 7) is 1.56. The fraction of sp³-hybridized carbons (Fsp3) is 0.308. The fourth-order valence-electron chi connectivity index (χ4n) is 2.01. The number of nitrogen functional groups attached to an aromatic ring is 1. The minimum absolute atomic E-state index is 0.0576. The highest BCUT2D eigenvalue weighted by atomic mass is 32.2. The number of benzene rings is 1. The monoisotopic (exact) mass is 312 g/mol. The number of aromatic nitrogens is 2. The summed E-state index contributed by atoms with van der Waals surface area (Å²) in [4.78, 5) is -0.119. The number of sulfonamides is 1. The average molecular weight is 312 g/mol. The lowest BCUT2D eigenvalue weighted by atomic mass is 10.2. The zero-order valence-corrected chi connectivity index (χ0v) is 12.9. The van der Waals surface area contributed by atoms with Crippen LogP contribution in [0.3, 0.4) is 0 Å². The van der Waals surface area contributed by atoms with Gasteiger partial charge in [-0.25, -0.2) is 12.8 Å². The van der Waals surface area contributed by atoms with Crippen molar-refractivity contribution < 1.29 is 12.8 Å². The van der Waals surface area contributed by atoms with Gasteiger partial charge in [-0.1, -0.05) is 0 Å². The molecule has 0 spiro atoms. The third-order valence-corrected chi connectivity index (χ3v) is 5.10. The molecule has 0 unspecified atom stereocenters. The predicted molar refractivity (Wildman–Crippen MR) is 77.4 cm³/mol. The van der Waals surface area contributed by atoms with E-state index in [9.17, 15) is 12.8 Å². The summed E-state index contributed by atoms with van der Waals surface area (Å²) < 4.78 is 41.5. The number of nitrogens with zero attached hydrogens (tertiary/aromatic N) is 3. The van der Waals surface area contributed by atoms with Crippen molar-refractivity contribution >= 4 is 15.7 Å². The van der Waals surface area contributed by atoms with Crippen LogP contribution in [-0.2, 0) is 23.6 Å². The van der Waals surface area contributed by atoms with Crippen molar-refractivity contribution in [2.75, 3.05) is 12.8 Å². The van der Waals surface area contributed by atoms with Gasteiger partial charge in [-0.3, -0.25) is 4.68 Å². The molecule has 1 aromatic heterocycles. The molecule has 1 heterocycles. The second-order valence-electron chi connectivity index (χ2n) is 4.91. The number of aryl methyl sites for hydroxylation is 1. The van der Waals surface area contributed by atoms with E-state index in [1.165, 1.54) is 20.0 Å². The molecule has 114 valence electrons. The van der Waals surface area contributed by atoms with E-state index in [1.807, 2.05) is 0 Å². The molecular formula is C13H17FN4O2S. The number of hydrogen-bond acceptors (Lipinski definition) is 4. The van der Waals surface area contributed by atoms with E-state index >= 15 is 0 Å².